The number of nitrogens with one attached hydrogen (secondary N) is 1. The molecule has 53 heavy (non-hydrogen) atoms. The first-order valence-corrected chi connectivity index (χ1v) is 21.7. The third-order valence-electron chi connectivity index (χ3n) is 13.3. The van der Waals surface area contributed by atoms with Gasteiger partial charge in [-0.2, -0.15) is 0 Å². The maximum Gasteiger partial charge on any atom is 0.264 e. The van der Waals surface area contributed by atoms with Crippen molar-refractivity contribution in [3.63, 3.8) is 0 Å². The van der Waals surface area contributed by atoms with E-state index in [1.807, 2.05) is 30.0 Å². The molecule has 2 bridgehead atoms. The Hall–Kier alpha value is -2.86. The zero-order valence-corrected chi connectivity index (χ0v) is 33.2. The zero-order chi connectivity index (χ0) is 37.3. The highest BCUT2D eigenvalue weighted by Crippen LogP contribution is 2.48. The first-order chi connectivity index (χ1) is 25.5. The molecule has 12 heteroatoms. The predicted octanol–water partition coefficient (Wildman–Crippen LogP) is 5.90. The van der Waals surface area contributed by atoms with Crippen molar-refractivity contribution >= 4 is 39.1 Å². The molecule has 1 N–H and O–H groups in total. The minimum atomic E-state index is -3.91. The topological polar surface area (TPSA) is 108 Å². The molecule has 0 unspecified atom stereocenters. The minimum absolute atomic E-state index is 0.114. The van der Waals surface area contributed by atoms with Crippen molar-refractivity contribution in [3.8, 4) is 5.75 Å². The Bertz CT molecular complexity index is 1770. The normalized spacial score (nSPS) is 31.0. The number of benzene rings is 2. The fourth-order valence-electron chi connectivity index (χ4n) is 9.81. The number of amides is 2. The predicted molar refractivity (Wildman–Crippen MR) is 208 cm³/mol. The number of carbonyl (C=O) groups is 2. The van der Waals surface area contributed by atoms with Crippen LogP contribution < -0.4 is 14.4 Å². The highest BCUT2D eigenvalue weighted by Gasteiger charge is 2.45. The van der Waals surface area contributed by atoms with Crippen molar-refractivity contribution in [2.75, 3.05) is 71.0 Å². The van der Waals surface area contributed by atoms with Crippen LogP contribution in [-0.4, -0.2) is 101 Å². The van der Waals surface area contributed by atoms with Gasteiger partial charge in [-0.15, -0.1) is 0 Å². The van der Waals surface area contributed by atoms with Crippen molar-refractivity contribution in [2.45, 2.75) is 82.3 Å². The molecule has 5 aliphatic rings. The van der Waals surface area contributed by atoms with Crippen LogP contribution in [0.2, 0.25) is 5.02 Å². The molecule has 2 fully saturated rings. The van der Waals surface area contributed by atoms with Crippen LogP contribution in [0.25, 0.3) is 0 Å². The van der Waals surface area contributed by atoms with E-state index in [4.69, 9.17) is 21.1 Å². The van der Waals surface area contributed by atoms with Crippen LogP contribution in [0.1, 0.15) is 86.7 Å². The number of anilines is 1. The van der Waals surface area contributed by atoms with E-state index in [2.05, 4.69) is 26.7 Å². The van der Waals surface area contributed by atoms with Crippen molar-refractivity contribution < 1.29 is 27.5 Å². The third kappa shape index (κ3) is 8.24. The molecular weight excluding hydrogens is 712 g/mol. The number of methoxy groups -OCH3 is 1. The minimum Gasteiger partial charge on any atom is -0.490 e. The van der Waals surface area contributed by atoms with Gasteiger partial charge < -0.3 is 24.2 Å². The Kier molecular flexibility index (Phi) is 11.7. The number of aryl methyl sites for hydroxylation is 1. The number of rotatable bonds is 5. The summed E-state index contributed by atoms with van der Waals surface area (Å²) >= 11 is 6.49. The summed E-state index contributed by atoms with van der Waals surface area (Å²) in [7, 11) is -2.24. The summed E-state index contributed by atoms with van der Waals surface area (Å²) in [5.74, 6) is 1.61. The maximum atomic E-state index is 13.6. The van der Waals surface area contributed by atoms with E-state index in [0.29, 0.717) is 56.0 Å². The molecule has 1 spiro atoms. The highest BCUT2D eigenvalue weighted by molar-refractivity contribution is 7.90. The molecule has 1 saturated carbocycles. The SMILES string of the molecule is COCCN1CCN(C[C@@H]2CCC[C@H](C)[C@@H](C)S(=O)(=O)NC(=O)c3ccc4c(c3)N(C[C@@H]3CC[C@@H]23)C[C@@]2(CCCc3cc(Cl)ccc32)CO4)CCC1=O. The molecular formula is C41H57ClN4O6S. The second-order valence-corrected chi connectivity index (χ2v) is 19.0. The zero-order valence-electron chi connectivity index (χ0n) is 31.7. The van der Waals surface area contributed by atoms with Crippen molar-refractivity contribution in [1.29, 1.82) is 0 Å². The lowest BCUT2D eigenvalue weighted by Gasteiger charge is -2.47. The van der Waals surface area contributed by atoms with Gasteiger partial charge in [0.1, 0.15) is 5.75 Å². The number of halogens is 1. The second-order valence-electron chi connectivity index (χ2n) is 16.6. The lowest BCUT2D eigenvalue weighted by molar-refractivity contribution is -0.131. The molecule has 0 aromatic heterocycles. The standard InChI is InChI=1S/C41H57ClN4O6S/c1-28-6-4-7-32(24-44-17-15-39(47)45(19-18-44)20-21-51-3)35-12-9-33(35)25-46-26-41(16-5-8-30-22-34(42)11-13-36(30)41)27-52-38-14-10-31(23-37(38)46)40(48)43-53(49,50)29(28)2/h10-11,13-14,22-23,28-29,32-33,35H,4-9,12,15-21,24-27H2,1-3H3,(H,43,48)/t28-,29+,32-,33-,35-,41-/m0/s1. The first kappa shape index (κ1) is 38.4. The van der Waals surface area contributed by atoms with E-state index in [9.17, 15) is 18.0 Å². The Labute approximate surface area is 320 Å². The number of carbonyl (C=O) groups excluding carboxylic acids is 2. The van der Waals surface area contributed by atoms with Crippen molar-refractivity contribution in [1.82, 2.24) is 14.5 Å². The van der Waals surface area contributed by atoms with E-state index in [0.717, 1.165) is 101 Å². The lowest BCUT2D eigenvalue weighted by Crippen LogP contribution is -2.50. The molecule has 10 nitrogen and oxygen atoms in total. The van der Waals surface area contributed by atoms with Crippen LogP contribution >= 0.6 is 11.6 Å². The van der Waals surface area contributed by atoms with Crippen molar-refractivity contribution in [3.05, 3.63) is 58.1 Å². The molecule has 0 radical (unpaired) electrons. The molecule has 2 aromatic carbocycles. The van der Waals surface area contributed by atoms with E-state index < -0.39 is 21.2 Å². The molecule has 2 aliphatic carbocycles. The summed E-state index contributed by atoms with van der Waals surface area (Å²) in [5, 5.41) is 0.0297. The smallest absolute Gasteiger partial charge is 0.264 e. The van der Waals surface area contributed by atoms with Gasteiger partial charge in [0.05, 0.1) is 24.2 Å². The monoisotopic (exact) mass is 768 g/mol. The number of ether oxygens (including phenoxy) is 2. The van der Waals surface area contributed by atoms with Crippen LogP contribution in [0.5, 0.6) is 5.75 Å². The van der Waals surface area contributed by atoms with Gasteiger partial charge in [-0.1, -0.05) is 31.0 Å². The largest absolute Gasteiger partial charge is 0.490 e. The Morgan fingerprint density at radius 3 is 2.64 bits per heavy atom. The second kappa shape index (κ2) is 16.1. The highest BCUT2D eigenvalue weighted by atomic mass is 35.5. The molecule has 290 valence electrons. The summed E-state index contributed by atoms with van der Waals surface area (Å²) in [5.41, 5.74) is 3.49. The Morgan fingerprint density at radius 1 is 1.00 bits per heavy atom. The van der Waals surface area contributed by atoms with Crippen LogP contribution in [0.15, 0.2) is 36.4 Å². The molecule has 3 heterocycles. The van der Waals surface area contributed by atoms with E-state index >= 15 is 0 Å². The number of hydrogen-bond donors (Lipinski definition) is 1. The van der Waals surface area contributed by atoms with Gasteiger partial charge in [-0.05, 0) is 117 Å². The van der Waals surface area contributed by atoms with Gasteiger partial charge in [0, 0.05) is 75.3 Å². The number of fused-ring (bicyclic) bond motifs is 4. The van der Waals surface area contributed by atoms with Crippen LogP contribution in [-0.2, 0) is 31.4 Å². The van der Waals surface area contributed by atoms with Gasteiger partial charge in [0.2, 0.25) is 15.9 Å². The summed E-state index contributed by atoms with van der Waals surface area (Å²) in [6.45, 7) is 10.2. The van der Waals surface area contributed by atoms with Gasteiger partial charge >= 0.3 is 0 Å². The fraction of sp³-hybridized carbons (Fsp3) is 0.659. The number of sulfonamides is 1. The summed E-state index contributed by atoms with van der Waals surface area (Å²) in [6.07, 6.45) is 8.52. The van der Waals surface area contributed by atoms with Gasteiger partial charge in [-0.25, -0.2) is 13.1 Å². The molecule has 2 aromatic rings. The number of nitrogens with zero attached hydrogens (tertiary/aromatic N) is 3. The summed E-state index contributed by atoms with van der Waals surface area (Å²) in [4.78, 5) is 33.5. The first-order valence-electron chi connectivity index (χ1n) is 19.8. The Morgan fingerprint density at radius 2 is 1.85 bits per heavy atom. The molecule has 3 aliphatic heterocycles. The Balaban J connectivity index is 1.22. The average Bonchev–Trinajstić information content (AvgIpc) is 3.39. The van der Waals surface area contributed by atoms with Crippen molar-refractivity contribution in [2.24, 2.45) is 23.7 Å². The molecule has 6 atom stereocenters. The van der Waals surface area contributed by atoms with E-state index in [1.165, 1.54) is 11.1 Å². The summed E-state index contributed by atoms with van der Waals surface area (Å²) < 4.78 is 41.5. The lowest BCUT2D eigenvalue weighted by atomic mass is 9.65. The molecule has 7 rings (SSSR count). The fourth-order valence-corrected chi connectivity index (χ4v) is 11.3. The van der Waals surface area contributed by atoms with Crippen LogP contribution in [0, 0.1) is 23.7 Å². The molecule has 2 amide bonds. The third-order valence-corrected chi connectivity index (χ3v) is 15.5. The van der Waals surface area contributed by atoms with Gasteiger partial charge in [0.15, 0.2) is 0 Å². The number of hydrogen-bond acceptors (Lipinski definition) is 8. The van der Waals surface area contributed by atoms with Crippen LogP contribution in [0.3, 0.4) is 0 Å². The summed E-state index contributed by atoms with van der Waals surface area (Å²) in [6, 6.07) is 11.7. The molecule has 1 saturated heterocycles. The average molecular weight is 769 g/mol. The van der Waals surface area contributed by atoms with E-state index in [-0.39, 0.29) is 17.2 Å². The van der Waals surface area contributed by atoms with Gasteiger partial charge in [-0.3, -0.25) is 9.59 Å². The quantitative estimate of drug-likeness (QED) is 0.401. The van der Waals surface area contributed by atoms with Gasteiger partial charge in [0.25, 0.3) is 5.91 Å². The van der Waals surface area contributed by atoms with Crippen LogP contribution in [0.4, 0.5) is 5.69 Å². The maximum absolute atomic E-state index is 13.6. The van der Waals surface area contributed by atoms with E-state index in [1.54, 1.807) is 20.1 Å².